The first-order valence-electron chi connectivity index (χ1n) is 9.30. The summed E-state index contributed by atoms with van der Waals surface area (Å²) in [5.74, 6) is -4.24. The Hall–Kier alpha value is -3.30. The number of carbonyl (C=O) groups is 5. The van der Waals surface area contributed by atoms with Gasteiger partial charge in [0.1, 0.15) is 11.9 Å². The summed E-state index contributed by atoms with van der Waals surface area (Å²) in [5.41, 5.74) is -0.0769. The molecule has 3 N–H and O–H groups in total. The van der Waals surface area contributed by atoms with E-state index in [1.807, 2.05) is 0 Å². The molecular weight excluding hydrogens is 385 g/mol. The van der Waals surface area contributed by atoms with Crippen molar-refractivity contribution < 1.29 is 33.5 Å². The largest absolute Gasteiger partial charge is 0.481 e. The molecule has 0 aromatic heterocycles. The van der Waals surface area contributed by atoms with E-state index in [-0.39, 0.29) is 36.1 Å². The number of carboxylic acids is 1. The molecule has 4 amide bonds. The zero-order valence-electron chi connectivity index (χ0n) is 15.5. The molecule has 0 radical (unpaired) electrons. The lowest BCUT2D eigenvalue weighted by Gasteiger charge is -2.27. The van der Waals surface area contributed by atoms with Crippen molar-refractivity contribution in [3.05, 3.63) is 29.1 Å². The van der Waals surface area contributed by atoms with Gasteiger partial charge in [0.05, 0.1) is 16.8 Å². The van der Waals surface area contributed by atoms with Gasteiger partial charge in [0.15, 0.2) is 0 Å². The molecule has 2 aliphatic heterocycles. The van der Waals surface area contributed by atoms with Crippen LogP contribution >= 0.6 is 0 Å². The molecule has 1 aromatic rings. The number of rotatable bonds is 8. The minimum atomic E-state index is -1.10. The molecule has 3 rings (SSSR count). The smallest absolute Gasteiger partial charge is 0.303 e. The molecule has 9 nitrogen and oxygen atoms in total. The summed E-state index contributed by atoms with van der Waals surface area (Å²) in [5, 5.41) is 13.5. The van der Waals surface area contributed by atoms with Gasteiger partial charge in [-0.3, -0.25) is 34.2 Å². The number of hydrogen-bond acceptors (Lipinski definition) is 6. The summed E-state index contributed by atoms with van der Waals surface area (Å²) >= 11 is 0. The number of carboxylic acid groups (broad SMARTS) is 1. The van der Waals surface area contributed by atoms with Gasteiger partial charge in [0.2, 0.25) is 11.8 Å². The summed E-state index contributed by atoms with van der Waals surface area (Å²) < 4.78 is 14.4. The normalized spacial score (nSPS) is 18.7. The van der Waals surface area contributed by atoms with Crippen LogP contribution in [0.2, 0.25) is 0 Å². The van der Waals surface area contributed by atoms with Crippen LogP contribution in [0.5, 0.6) is 0 Å². The first-order valence-corrected chi connectivity index (χ1v) is 9.30. The van der Waals surface area contributed by atoms with Crippen LogP contribution in [0.25, 0.3) is 0 Å². The van der Waals surface area contributed by atoms with E-state index in [9.17, 15) is 28.4 Å². The molecule has 10 heteroatoms. The minimum Gasteiger partial charge on any atom is -0.481 e. The van der Waals surface area contributed by atoms with E-state index in [1.54, 1.807) is 0 Å². The number of hydrogen-bond donors (Lipinski definition) is 3. The van der Waals surface area contributed by atoms with Crippen LogP contribution < -0.4 is 10.6 Å². The molecule has 29 heavy (non-hydrogen) atoms. The average Bonchev–Trinajstić information content (AvgIpc) is 2.88. The summed E-state index contributed by atoms with van der Waals surface area (Å²) in [6.45, 7) is 0.369. The summed E-state index contributed by atoms with van der Waals surface area (Å²) in [6.07, 6.45) is 1.87. The average molecular weight is 405 g/mol. The van der Waals surface area contributed by atoms with E-state index in [0.29, 0.717) is 25.8 Å². The van der Waals surface area contributed by atoms with Crippen molar-refractivity contribution >= 4 is 35.3 Å². The third kappa shape index (κ3) is 4.25. The van der Waals surface area contributed by atoms with Crippen molar-refractivity contribution in [2.75, 3.05) is 11.9 Å². The number of aliphatic carboxylic acids is 1. The molecule has 0 bridgehead atoms. The molecule has 0 spiro atoms. The summed E-state index contributed by atoms with van der Waals surface area (Å²) in [7, 11) is 0. The maximum absolute atomic E-state index is 14.4. The number of fused-ring (bicyclic) bond motifs is 1. The number of halogens is 1. The fourth-order valence-corrected chi connectivity index (χ4v) is 3.43. The molecule has 1 unspecified atom stereocenters. The summed E-state index contributed by atoms with van der Waals surface area (Å²) in [6, 6.07) is 1.11. The molecule has 154 valence electrons. The predicted octanol–water partition coefficient (Wildman–Crippen LogP) is 1.28. The SMILES string of the molecule is O=C(O)CCCCCNc1cc2c(cc1F)C(=O)N(C1CCC(=O)NC1=O)C2=O. The van der Waals surface area contributed by atoms with Crippen molar-refractivity contribution in [3.63, 3.8) is 0 Å². The van der Waals surface area contributed by atoms with Crippen molar-refractivity contribution in [2.24, 2.45) is 0 Å². The quantitative estimate of drug-likeness (QED) is 0.438. The molecule has 2 heterocycles. The molecular formula is C19H20FN3O6. The number of nitrogens with one attached hydrogen (secondary N) is 2. The number of anilines is 1. The number of carbonyl (C=O) groups excluding carboxylic acids is 4. The zero-order chi connectivity index (χ0) is 21.1. The Bertz CT molecular complexity index is 900. The Balaban J connectivity index is 1.69. The second-order valence-corrected chi connectivity index (χ2v) is 6.96. The highest BCUT2D eigenvalue weighted by Crippen LogP contribution is 2.31. The van der Waals surface area contributed by atoms with Gasteiger partial charge in [-0.1, -0.05) is 6.42 Å². The van der Waals surface area contributed by atoms with Crippen LogP contribution in [0.4, 0.5) is 10.1 Å². The number of unbranched alkanes of at least 4 members (excludes halogenated alkanes) is 2. The summed E-state index contributed by atoms with van der Waals surface area (Å²) in [4.78, 5) is 59.9. The van der Waals surface area contributed by atoms with Crippen molar-refractivity contribution in [2.45, 2.75) is 44.6 Å². The third-order valence-electron chi connectivity index (χ3n) is 4.91. The van der Waals surface area contributed by atoms with Gasteiger partial charge in [-0.05, 0) is 31.4 Å². The Morgan fingerprint density at radius 1 is 1.14 bits per heavy atom. The Labute approximate surface area is 165 Å². The van der Waals surface area contributed by atoms with Crippen LogP contribution in [-0.4, -0.2) is 52.2 Å². The zero-order valence-corrected chi connectivity index (χ0v) is 15.5. The van der Waals surface area contributed by atoms with Crippen LogP contribution in [0.3, 0.4) is 0 Å². The van der Waals surface area contributed by atoms with Gasteiger partial charge in [0.25, 0.3) is 11.8 Å². The minimum absolute atomic E-state index is 0.00511. The lowest BCUT2D eigenvalue weighted by molar-refractivity contribution is -0.138. The lowest BCUT2D eigenvalue weighted by Crippen LogP contribution is -2.54. The fourth-order valence-electron chi connectivity index (χ4n) is 3.43. The lowest BCUT2D eigenvalue weighted by atomic mass is 10.0. The van der Waals surface area contributed by atoms with Gasteiger partial charge < -0.3 is 10.4 Å². The number of piperidine rings is 1. The molecule has 1 saturated heterocycles. The Kier molecular flexibility index (Phi) is 5.90. The number of amides is 4. The second-order valence-electron chi connectivity index (χ2n) is 6.96. The van der Waals surface area contributed by atoms with Crippen LogP contribution in [0, 0.1) is 5.82 Å². The standard InChI is InChI=1S/C19H20FN3O6/c20-12-8-10-11(9-13(12)21-7-3-1-2-4-16(25)26)19(29)23(18(10)28)14-5-6-15(24)22-17(14)27/h8-9,14,21H,1-7H2,(H,25,26)(H,22,24,27). The van der Waals surface area contributed by atoms with Crippen molar-refractivity contribution in [1.82, 2.24) is 10.2 Å². The van der Waals surface area contributed by atoms with Crippen LogP contribution in [0.1, 0.15) is 59.2 Å². The first kappa shape index (κ1) is 20.4. The number of benzene rings is 1. The van der Waals surface area contributed by atoms with Gasteiger partial charge in [-0.15, -0.1) is 0 Å². The molecule has 0 saturated carbocycles. The van der Waals surface area contributed by atoms with Crippen molar-refractivity contribution in [1.29, 1.82) is 0 Å². The molecule has 1 aromatic carbocycles. The monoisotopic (exact) mass is 405 g/mol. The maximum Gasteiger partial charge on any atom is 0.303 e. The van der Waals surface area contributed by atoms with E-state index in [0.717, 1.165) is 11.0 Å². The van der Waals surface area contributed by atoms with Gasteiger partial charge in [0, 0.05) is 19.4 Å². The predicted molar refractivity (Wildman–Crippen MR) is 97.7 cm³/mol. The van der Waals surface area contributed by atoms with E-state index < -0.39 is 41.5 Å². The van der Waals surface area contributed by atoms with Crippen molar-refractivity contribution in [3.8, 4) is 0 Å². The topological polar surface area (TPSA) is 133 Å². The third-order valence-corrected chi connectivity index (χ3v) is 4.91. The highest BCUT2D eigenvalue weighted by atomic mass is 19.1. The molecule has 0 aliphatic carbocycles. The van der Waals surface area contributed by atoms with E-state index >= 15 is 0 Å². The molecule has 2 aliphatic rings. The van der Waals surface area contributed by atoms with Gasteiger partial charge in [-0.2, -0.15) is 0 Å². The van der Waals surface area contributed by atoms with Gasteiger partial charge in [-0.25, -0.2) is 4.39 Å². The molecule has 1 atom stereocenters. The highest BCUT2D eigenvalue weighted by Gasteiger charge is 2.45. The number of nitrogens with zero attached hydrogens (tertiary/aromatic N) is 1. The number of imide groups is 2. The van der Waals surface area contributed by atoms with E-state index in [1.165, 1.54) is 6.07 Å². The maximum atomic E-state index is 14.4. The van der Waals surface area contributed by atoms with E-state index in [2.05, 4.69) is 10.6 Å². The van der Waals surface area contributed by atoms with Crippen LogP contribution in [0.15, 0.2) is 12.1 Å². The first-order chi connectivity index (χ1) is 13.8. The fraction of sp³-hybridized carbons (Fsp3) is 0.421. The van der Waals surface area contributed by atoms with Gasteiger partial charge >= 0.3 is 5.97 Å². The highest BCUT2D eigenvalue weighted by molar-refractivity contribution is 6.23. The molecule has 1 fully saturated rings. The Morgan fingerprint density at radius 3 is 2.48 bits per heavy atom. The van der Waals surface area contributed by atoms with E-state index in [4.69, 9.17) is 5.11 Å². The van der Waals surface area contributed by atoms with Crippen LogP contribution in [-0.2, 0) is 14.4 Å². The second kappa shape index (κ2) is 8.38. The Morgan fingerprint density at radius 2 is 1.83 bits per heavy atom.